The molecule has 0 spiro atoms. The second kappa shape index (κ2) is 10.6. The van der Waals surface area contributed by atoms with Gasteiger partial charge in [0.05, 0.1) is 23.3 Å². The van der Waals surface area contributed by atoms with Crippen LogP contribution in [-0.4, -0.2) is 29.3 Å². The molecule has 188 valence electrons. The van der Waals surface area contributed by atoms with Crippen LogP contribution in [0.4, 0.5) is 27.6 Å². The average Bonchev–Trinajstić information content (AvgIpc) is 2.83. The van der Waals surface area contributed by atoms with Crippen LogP contribution in [0, 0.1) is 11.6 Å². The van der Waals surface area contributed by atoms with Crippen molar-refractivity contribution in [3.8, 4) is 11.1 Å². The number of aromatic nitrogens is 1. The minimum absolute atomic E-state index is 0.0326. The zero-order valence-electron chi connectivity index (χ0n) is 19.0. The predicted molar refractivity (Wildman–Crippen MR) is 119 cm³/mol. The van der Waals surface area contributed by atoms with E-state index in [4.69, 9.17) is 4.74 Å². The van der Waals surface area contributed by atoms with Gasteiger partial charge in [-0.05, 0) is 49.7 Å². The van der Waals surface area contributed by atoms with E-state index in [1.165, 1.54) is 13.1 Å². The van der Waals surface area contributed by atoms with Crippen molar-refractivity contribution in [2.45, 2.75) is 26.4 Å². The number of hydrogen-bond acceptors (Lipinski definition) is 5. The van der Waals surface area contributed by atoms with Gasteiger partial charge in [-0.25, -0.2) is 13.6 Å². The number of nitrogens with zero attached hydrogens (tertiary/aromatic N) is 1. The van der Waals surface area contributed by atoms with Crippen LogP contribution in [0.25, 0.3) is 11.1 Å². The van der Waals surface area contributed by atoms with Crippen molar-refractivity contribution in [3.63, 3.8) is 0 Å². The number of carbonyl (C=O) groups is 3. The number of ether oxygens (including phenoxy) is 1. The molecule has 0 bridgehead atoms. The summed E-state index contributed by atoms with van der Waals surface area (Å²) >= 11 is 0. The SMILES string of the molecule is CCOC(=O)c1cc(NC(=O)C(=O)c2ccc(C(F)(F)F)cc2F)cc(F)c1-c1ccc(CC)nc1. The molecule has 2 aromatic carbocycles. The first kappa shape index (κ1) is 26.5. The van der Waals surface area contributed by atoms with Crippen molar-refractivity contribution >= 4 is 23.3 Å². The number of amides is 1. The molecule has 3 rings (SSSR count). The fraction of sp³-hybridized carbons (Fsp3) is 0.200. The Hall–Kier alpha value is -4.15. The Morgan fingerprint density at radius 3 is 2.22 bits per heavy atom. The number of pyridine rings is 1. The summed E-state index contributed by atoms with van der Waals surface area (Å²) in [7, 11) is 0. The zero-order chi connectivity index (χ0) is 26.6. The summed E-state index contributed by atoms with van der Waals surface area (Å²) in [5, 5.41) is 2.05. The summed E-state index contributed by atoms with van der Waals surface area (Å²) in [4.78, 5) is 41.5. The van der Waals surface area contributed by atoms with Crippen LogP contribution in [0.3, 0.4) is 0 Å². The number of esters is 1. The molecule has 6 nitrogen and oxygen atoms in total. The minimum atomic E-state index is -4.85. The molecule has 36 heavy (non-hydrogen) atoms. The van der Waals surface area contributed by atoms with Gasteiger partial charge in [-0.15, -0.1) is 0 Å². The van der Waals surface area contributed by atoms with Crippen molar-refractivity contribution in [2.24, 2.45) is 0 Å². The second-order valence-corrected chi connectivity index (χ2v) is 7.47. The number of alkyl halides is 3. The number of benzene rings is 2. The Morgan fingerprint density at radius 1 is 0.944 bits per heavy atom. The van der Waals surface area contributed by atoms with Crippen LogP contribution >= 0.6 is 0 Å². The quantitative estimate of drug-likeness (QED) is 0.195. The van der Waals surface area contributed by atoms with Crippen molar-refractivity contribution < 1.29 is 41.1 Å². The molecule has 1 heterocycles. The first-order valence-electron chi connectivity index (χ1n) is 10.6. The Morgan fingerprint density at radius 2 is 1.67 bits per heavy atom. The molecule has 0 saturated heterocycles. The Kier molecular flexibility index (Phi) is 7.81. The molecular weight excluding hydrogens is 487 g/mol. The normalized spacial score (nSPS) is 11.2. The molecule has 0 radical (unpaired) electrons. The maximum Gasteiger partial charge on any atom is 0.416 e. The molecule has 1 aromatic heterocycles. The van der Waals surface area contributed by atoms with Crippen molar-refractivity contribution in [2.75, 3.05) is 11.9 Å². The molecule has 3 aromatic rings. The summed E-state index contributed by atoms with van der Waals surface area (Å²) in [6.07, 6.45) is -2.85. The summed E-state index contributed by atoms with van der Waals surface area (Å²) in [6, 6.07) is 6.18. The van der Waals surface area contributed by atoms with E-state index in [0.29, 0.717) is 18.6 Å². The molecule has 0 atom stereocenters. The standard InChI is InChI=1S/C25H19F5N2O4/c1-3-15-7-5-13(12-31-15)21-18(24(35)36-4-2)10-16(11-20(21)27)32-23(34)22(33)17-8-6-14(9-19(17)26)25(28,29)30/h5-12H,3-4H2,1-2H3,(H,32,34). The molecule has 0 aliphatic heterocycles. The smallest absolute Gasteiger partial charge is 0.416 e. The number of hydrogen-bond donors (Lipinski definition) is 1. The maximum atomic E-state index is 15.1. The van der Waals surface area contributed by atoms with E-state index in [-0.39, 0.29) is 35.1 Å². The number of carbonyl (C=O) groups excluding carboxylic acids is 3. The summed E-state index contributed by atoms with van der Waals surface area (Å²) in [5.74, 6) is -6.37. The summed E-state index contributed by atoms with van der Waals surface area (Å²) in [6.45, 7) is 3.38. The average molecular weight is 506 g/mol. The van der Waals surface area contributed by atoms with Gasteiger partial charge in [0.1, 0.15) is 11.6 Å². The van der Waals surface area contributed by atoms with Gasteiger partial charge in [-0.1, -0.05) is 13.0 Å². The lowest BCUT2D eigenvalue weighted by Gasteiger charge is -2.14. The molecule has 1 amide bonds. The van der Waals surface area contributed by atoms with Crippen LogP contribution in [0.1, 0.15) is 45.8 Å². The van der Waals surface area contributed by atoms with Gasteiger partial charge in [0.25, 0.3) is 11.7 Å². The second-order valence-electron chi connectivity index (χ2n) is 7.47. The summed E-state index contributed by atoms with van der Waals surface area (Å²) < 4.78 is 72.4. The number of ketones is 1. The zero-order valence-corrected chi connectivity index (χ0v) is 19.0. The van der Waals surface area contributed by atoms with Crippen LogP contribution in [0.2, 0.25) is 0 Å². The highest BCUT2D eigenvalue weighted by molar-refractivity contribution is 6.46. The molecule has 11 heteroatoms. The number of Topliss-reactive ketones (excluding diaryl/α,β-unsaturated/α-hetero) is 1. The Balaban J connectivity index is 1.95. The van der Waals surface area contributed by atoms with E-state index in [9.17, 15) is 31.9 Å². The van der Waals surface area contributed by atoms with E-state index in [2.05, 4.69) is 4.98 Å². The molecule has 0 fully saturated rings. The first-order valence-corrected chi connectivity index (χ1v) is 10.6. The number of aryl methyl sites for hydroxylation is 1. The third-order valence-electron chi connectivity index (χ3n) is 5.07. The molecule has 0 saturated carbocycles. The van der Waals surface area contributed by atoms with E-state index < -0.39 is 46.6 Å². The number of anilines is 1. The Labute approximate surface area is 202 Å². The molecule has 1 N–H and O–H groups in total. The van der Waals surface area contributed by atoms with Gasteiger partial charge in [0.15, 0.2) is 0 Å². The van der Waals surface area contributed by atoms with Gasteiger partial charge < -0.3 is 10.1 Å². The number of halogens is 5. The van der Waals surface area contributed by atoms with Crippen LogP contribution in [0.15, 0.2) is 48.7 Å². The molecule has 0 aliphatic carbocycles. The monoisotopic (exact) mass is 506 g/mol. The lowest BCUT2D eigenvalue weighted by molar-refractivity contribution is -0.137. The van der Waals surface area contributed by atoms with Gasteiger partial charge >= 0.3 is 12.1 Å². The van der Waals surface area contributed by atoms with E-state index >= 15 is 4.39 Å². The van der Waals surface area contributed by atoms with E-state index in [1.54, 1.807) is 12.1 Å². The van der Waals surface area contributed by atoms with Gasteiger partial charge in [-0.3, -0.25) is 14.6 Å². The van der Waals surface area contributed by atoms with Crippen LogP contribution in [-0.2, 0) is 22.1 Å². The van der Waals surface area contributed by atoms with Gasteiger partial charge in [-0.2, -0.15) is 13.2 Å². The lowest BCUT2D eigenvalue weighted by Crippen LogP contribution is -2.24. The van der Waals surface area contributed by atoms with E-state index in [0.717, 1.165) is 17.8 Å². The van der Waals surface area contributed by atoms with Crippen LogP contribution in [0.5, 0.6) is 0 Å². The highest BCUT2D eigenvalue weighted by Gasteiger charge is 2.32. The van der Waals surface area contributed by atoms with Crippen LogP contribution < -0.4 is 5.32 Å². The molecular formula is C25H19F5N2O4. The highest BCUT2D eigenvalue weighted by Crippen LogP contribution is 2.32. The minimum Gasteiger partial charge on any atom is -0.462 e. The number of nitrogens with one attached hydrogen (secondary N) is 1. The van der Waals surface area contributed by atoms with Gasteiger partial charge in [0, 0.05) is 28.7 Å². The number of rotatable bonds is 7. The highest BCUT2D eigenvalue weighted by atomic mass is 19.4. The molecule has 0 aliphatic rings. The first-order chi connectivity index (χ1) is 17.0. The third-order valence-corrected chi connectivity index (χ3v) is 5.07. The van der Waals surface area contributed by atoms with Crippen molar-refractivity contribution in [3.05, 3.63) is 82.7 Å². The topological polar surface area (TPSA) is 85.4 Å². The fourth-order valence-corrected chi connectivity index (χ4v) is 3.31. The third kappa shape index (κ3) is 5.73. The molecule has 0 unspecified atom stereocenters. The Bertz CT molecular complexity index is 1320. The van der Waals surface area contributed by atoms with Gasteiger partial charge in [0.2, 0.25) is 0 Å². The largest absolute Gasteiger partial charge is 0.462 e. The fourth-order valence-electron chi connectivity index (χ4n) is 3.31. The van der Waals surface area contributed by atoms with E-state index in [1.807, 2.05) is 12.2 Å². The van der Waals surface area contributed by atoms with Crippen molar-refractivity contribution in [1.82, 2.24) is 4.98 Å². The summed E-state index contributed by atoms with van der Waals surface area (Å²) in [5.41, 5.74) is -2.01. The maximum absolute atomic E-state index is 15.1. The van der Waals surface area contributed by atoms with Crippen molar-refractivity contribution in [1.29, 1.82) is 0 Å². The lowest BCUT2D eigenvalue weighted by atomic mass is 9.99. The predicted octanol–water partition coefficient (Wildman–Crippen LogP) is 5.61.